The third-order valence-electron chi connectivity index (χ3n) is 7.91. The molecule has 0 aliphatic carbocycles. The highest BCUT2D eigenvalue weighted by Gasteiger charge is 2.34. The molecule has 5 atom stereocenters. The lowest BCUT2D eigenvalue weighted by molar-refractivity contribution is -0.253. The van der Waals surface area contributed by atoms with Crippen molar-refractivity contribution >= 4 is 17.6 Å². The van der Waals surface area contributed by atoms with Gasteiger partial charge in [-0.1, -0.05) is 66.7 Å². The van der Waals surface area contributed by atoms with Gasteiger partial charge in [-0.15, -0.1) is 0 Å². The van der Waals surface area contributed by atoms with Gasteiger partial charge < -0.3 is 30.1 Å². The second-order valence-corrected chi connectivity index (χ2v) is 11.2. The van der Waals surface area contributed by atoms with Gasteiger partial charge in [0.05, 0.1) is 24.9 Å². The molecule has 0 radical (unpaired) electrons. The maximum absolute atomic E-state index is 12.3. The van der Waals surface area contributed by atoms with Crippen molar-refractivity contribution in [1.82, 2.24) is 4.90 Å². The van der Waals surface area contributed by atoms with E-state index in [0.29, 0.717) is 31.5 Å². The van der Waals surface area contributed by atoms with E-state index in [0.717, 1.165) is 22.3 Å². The largest absolute Gasteiger partial charge is 0.481 e. The minimum Gasteiger partial charge on any atom is -0.481 e. The molecule has 4 N–H and O–H groups in total. The van der Waals surface area contributed by atoms with Gasteiger partial charge in [-0.25, -0.2) is 0 Å². The first kappa shape index (κ1) is 32.3. The van der Waals surface area contributed by atoms with Crippen molar-refractivity contribution in [3.05, 3.63) is 101 Å². The first-order valence-corrected chi connectivity index (χ1v) is 14.8. The number of aliphatic hydroxyl groups is 2. The standard InChI is InChI=1S/C34H42N2O7/c1-23(33(41)26-8-4-3-5-9-26)36(2)21-29-20-30(25-14-12-24(22-37)13-15-25)43-34(42-29)27-16-18-28(19-17-27)35-31(38)10-6-7-11-32(39)40/h3-5,8-9,12-19,23,29-30,33-34,37,41H,6-7,10-11,20-22H2,1-2H3,(H,35,38)(H,39,40)/t23-,29+,30-,33-,34-/m0/s1. The van der Waals surface area contributed by atoms with Gasteiger partial charge in [-0.2, -0.15) is 0 Å². The van der Waals surface area contributed by atoms with E-state index in [1.54, 1.807) is 12.1 Å². The Morgan fingerprint density at radius 2 is 1.58 bits per heavy atom. The fraction of sp³-hybridized carbons (Fsp3) is 0.412. The number of aliphatic hydroxyl groups excluding tert-OH is 2. The van der Waals surface area contributed by atoms with Crippen LogP contribution in [0, 0.1) is 0 Å². The van der Waals surface area contributed by atoms with Crippen LogP contribution in [0.15, 0.2) is 78.9 Å². The van der Waals surface area contributed by atoms with Crippen LogP contribution < -0.4 is 5.32 Å². The summed E-state index contributed by atoms with van der Waals surface area (Å²) in [7, 11) is 1.98. The molecule has 3 aromatic carbocycles. The third kappa shape index (κ3) is 9.44. The summed E-state index contributed by atoms with van der Waals surface area (Å²) in [6.07, 6.45) is 0.162. The number of ether oxygens (including phenoxy) is 2. The molecule has 230 valence electrons. The summed E-state index contributed by atoms with van der Waals surface area (Å²) < 4.78 is 12.9. The molecular formula is C34H42N2O7. The molecule has 9 nitrogen and oxygen atoms in total. The fourth-order valence-electron chi connectivity index (χ4n) is 5.20. The molecule has 1 saturated heterocycles. The molecule has 1 heterocycles. The molecule has 1 fully saturated rings. The number of likely N-dealkylation sites (N-methyl/N-ethyl adjacent to an activating group) is 1. The number of rotatable bonds is 14. The number of hydrogen-bond acceptors (Lipinski definition) is 7. The van der Waals surface area contributed by atoms with Crippen molar-refractivity contribution in [2.75, 3.05) is 18.9 Å². The third-order valence-corrected chi connectivity index (χ3v) is 7.91. The molecule has 1 amide bonds. The van der Waals surface area contributed by atoms with Crippen molar-refractivity contribution in [2.24, 2.45) is 0 Å². The highest BCUT2D eigenvalue weighted by Crippen LogP contribution is 2.38. The second kappa shape index (κ2) is 15.7. The summed E-state index contributed by atoms with van der Waals surface area (Å²) in [6, 6.07) is 24.5. The van der Waals surface area contributed by atoms with Crippen LogP contribution in [-0.2, 0) is 25.7 Å². The summed E-state index contributed by atoms with van der Waals surface area (Å²) in [5, 5.41) is 32.1. The Kier molecular flexibility index (Phi) is 11.8. The lowest BCUT2D eigenvalue weighted by atomic mass is 9.98. The molecule has 1 aliphatic heterocycles. The van der Waals surface area contributed by atoms with Crippen molar-refractivity contribution in [3.8, 4) is 0 Å². The van der Waals surface area contributed by atoms with Gasteiger partial charge in [-0.05, 0) is 55.6 Å². The van der Waals surface area contributed by atoms with E-state index in [1.807, 2.05) is 80.7 Å². The van der Waals surface area contributed by atoms with E-state index in [-0.39, 0.29) is 43.6 Å². The highest BCUT2D eigenvalue weighted by atomic mass is 16.7. The number of carbonyl (C=O) groups is 2. The number of amides is 1. The zero-order valence-electron chi connectivity index (χ0n) is 24.8. The fourth-order valence-corrected chi connectivity index (χ4v) is 5.20. The molecule has 1 aliphatic rings. The molecule has 0 unspecified atom stereocenters. The van der Waals surface area contributed by atoms with Crippen molar-refractivity contribution < 1.29 is 34.4 Å². The number of carboxylic acids is 1. The van der Waals surface area contributed by atoms with Crippen molar-refractivity contribution in [1.29, 1.82) is 0 Å². The highest BCUT2D eigenvalue weighted by molar-refractivity contribution is 5.90. The Morgan fingerprint density at radius 1 is 0.930 bits per heavy atom. The van der Waals surface area contributed by atoms with Gasteiger partial charge in [0.1, 0.15) is 0 Å². The SMILES string of the molecule is C[C@@H]([C@H](O)c1ccccc1)N(C)C[C@H]1C[C@@H](c2ccc(CO)cc2)O[C@@H](c2ccc(NC(=O)CCCCC(=O)O)cc2)O1. The van der Waals surface area contributed by atoms with Gasteiger partial charge in [-0.3, -0.25) is 14.5 Å². The number of nitrogens with zero attached hydrogens (tertiary/aromatic N) is 1. The van der Waals surface area contributed by atoms with Crippen molar-refractivity contribution in [3.63, 3.8) is 0 Å². The topological polar surface area (TPSA) is 129 Å². The first-order chi connectivity index (χ1) is 20.7. The van der Waals surface area contributed by atoms with Crippen LogP contribution in [0.3, 0.4) is 0 Å². The molecule has 0 saturated carbocycles. The van der Waals surface area contributed by atoms with Gasteiger partial charge in [0.15, 0.2) is 6.29 Å². The Hall–Kier alpha value is -3.60. The van der Waals surface area contributed by atoms with Gasteiger partial charge >= 0.3 is 5.97 Å². The molecule has 0 bridgehead atoms. The van der Waals surface area contributed by atoms with Crippen LogP contribution in [0.2, 0.25) is 0 Å². The Labute approximate surface area is 253 Å². The minimum absolute atomic E-state index is 0.0299. The maximum Gasteiger partial charge on any atom is 0.303 e. The molecule has 9 heteroatoms. The number of hydrogen-bond donors (Lipinski definition) is 4. The molecule has 0 spiro atoms. The summed E-state index contributed by atoms with van der Waals surface area (Å²) >= 11 is 0. The zero-order valence-corrected chi connectivity index (χ0v) is 24.8. The minimum atomic E-state index is -0.860. The predicted molar refractivity (Wildman–Crippen MR) is 163 cm³/mol. The number of anilines is 1. The average molecular weight is 591 g/mol. The van der Waals surface area contributed by atoms with E-state index in [4.69, 9.17) is 14.6 Å². The Balaban J connectivity index is 1.44. The van der Waals surface area contributed by atoms with Crippen LogP contribution in [0.5, 0.6) is 0 Å². The van der Waals surface area contributed by atoms with E-state index in [2.05, 4.69) is 10.2 Å². The normalized spacial score (nSPS) is 20.0. The van der Waals surface area contributed by atoms with Crippen molar-refractivity contribution in [2.45, 2.75) is 76.3 Å². The van der Waals surface area contributed by atoms with Crippen LogP contribution in [0.4, 0.5) is 5.69 Å². The quantitative estimate of drug-likeness (QED) is 0.185. The van der Waals surface area contributed by atoms with E-state index in [9.17, 15) is 19.8 Å². The number of carboxylic acid groups (broad SMARTS) is 1. The molecule has 0 aromatic heterocycles. The Bertz CT molecular complexity index is 1300. The van der Waals surface area contributed by atoms with E-state index >= 15 is 0 Å². The molecule has 4 rings (SSSR count). The Morgan fingerprint density at radius 3 is 2.23 bits per heavy atom. The van der Waals surface area contributed by atoms with Gasteiger partial charge in [0, 0.05) is 43.1 Å². The number of aliphatic carboxylic acids is 1. The number of benzene rings is 3. The molecule has 3 aromatic rings. The summed E-state index contributed by atoms with van der Waals surface area (Å²) in [6.45, 7) is 2.54. The molecular weight excluding hydrogens is 548 g/mol. The lowest BCUT2D eigenvalue weighted by Gasteiger charge is -2.39. The lowest BCUT2D eigenvalue weighted by Crippen LogP contribution is -2.43. The predicted octanol–water partition coefficient (Wildman–Crippen LogP) is 5.36. The van der Waals surface area contributed by atoms with Crippen LogP contribution in [-0.4, -0.2) is 57.8 Å². The summed E-state index contributed by atoms with van der Waals surface area (Å²) in [4.78, 5) is 25.1. The number of nitrogens with one attached hydrogen (secondary N) is 1. The van der Waals surface area contributed by atoms with E-state index < -0.39 is 18.4 Å². The van der Waals surface area contributed by atoms with Crippen LogP contribution >= 0.6 is 0 Å². The van der Waals surface area contributed by atoms with Crippen LogP contribution in [0.1, 0.15) is 79.8 Å². The summed E-state index contributed by atoms with van der Waals surface area (Å²) in [5.41, 5.74) is 4.12. The maximum atomic E-state index is 12.3. The monoisotopic (exact) mass is 590 g/mol. The van der Waals surface area contributed by atoms with Crippen LogP contribution in [0.25, 0.3) is 0 Å². The van der Waals surface area contributed by atoms with E-state index in [1.165, 1.54) is 0 Å². The molecule has 43 heavy (non-hydrogen) atoms. The van der Waals surface area contributed by atoms with Gasteiger partial charge in [0.2, 0.25) is 5.91 Å². The average Bonchev–Trinajstić information content (AvgIpc) is 3.03. The second-order valence-electron chi connectivity index (χ2n) is 11.2. The smallest absolute Gasteiger partial charge is 0.303 e. The first-order valence-electron chi connectivity index (χ1n) is 14.8. The summed E-state index contributed by atoms with van der Waals surface area (Å²) in [5.74, 6) is -1.02. The van der Waals surface area contributed by atoms with Gasteiger partial charge in [0.25, 0.3) is 0 Å². The number of carbonyl (C=O) groups excluding carboxylic acids is 1. The zero-order chi connectivity index (χ0) is 30.8. The number of unbranched alkanes of at least 4 members (excludes halogenated alkanes) is 1.